The highest BCUT2D eigenvalue weighted by Crippen LogP contribution is 2.60. The Bertz CT molecular complexity index is 655. The van der Waals surface area contributed by atoms with Crippen LogP contribution in [0.25, 0.3) is 0 Å². The Morgan fingerprint density at radius 1 is 1.25 bits per heavy atom. The van der Waals surface area contributed by atoms with Crippen LogP contribution in [0.15, 0.2) is 18.2 Å². The lowest BCUT2D eigenvalue weighted by Crippen LogP contribution is -2.43. The number of carbonyl (C=O) groups excluding carboxylic acids is 1. The SMILES string of the molecule is CC(=O)OOc1ccc2c(c1)CC[C@@H]1[C@@H]2CC[C@]2(C)[C@@H](O)CC[C@@H]12. The second-order valence-electron chi connectivity index (χ2n) is 8.07. The van der Waals surface area contributed by atoms with Crippen LogP contribution in [0.3, 0.4) is 0 Å². The molecule has 1 N–H and O–H groups in total. The molecule has 5 atom stereocenters. The highest BCUT2D eigenvalue weighted by Gasteiger charge is 2.54. The molecule has 1 aromatic rings. The van der Waals surface area contributed by atoms with E-state index >= 15 is 0 Å². The minimum atomic E-state index is -0.445. The van der Waals surface area contributed by atoms with Gasteiger partial charge in [-0.05, 0) is 85.0 Å². The lowest BCUT2D eigenvalue weighted by Gasteiger charge is -2.50. The van der Waals surface area contributed by atoms with Crippen LogP contribution >= 0.6 is 0 Å². The maximum atomic E-state index is 10.9. The van der Waals surface area contributed by atoms with Gasteiger partial charge in [0.1, 0.15) is 0 Å². The van der Waals surface area contributed by atoms with Crippen LogP contribution in [0.2, 0.25) is 0 Å². The van der Waals surface area contributed by atoms with Crippen molar-refractivity contribution in [2.75, 3.05) is 0 Å². The number of aliphatic hydroxyl groups excluding tert-OH is 1. The molecular formula is C20H26O4. The van der Waals surface area contributed by atoms with Crippen molar-refractivity contribution >= 4 is 5.97 Å². The van der Waals surface area contributed by atoms with E-state index in [9.17, 15) is 9.90 Å². The van der Waals surface area contributed by atoms with E-state index in [4.69, 9.17) is 4.89 Å². The van der Waals surface area contributed by atoms with Crippen molar-refractivity contribution in [1.29, 1.82) is 0 Å². The molecule has 0 bridgehead atoms. The van der Waals surface area contributed by atoms with Gasteiger partial charge in [0.05, 0.1) is 6.10 Å². The molecule has 0 radical (unpaired) electrons. The van der Waals surface area contributed by atoms with Gasteiger partial charge in [0.25, 0.3) is 0 Å². The molecular weight excluding hydrogens is 304 g/mol. The number of rotatable bonds is 2. The molecule has 4 rings (SSSR count). The average molecular weight is 330 g/mol. The predicted molar refractivity (Wildman–Crippen MR) is 89.5 cm³/mol. The molecule has 0 saturated heterocycles. The number of fused-ring (bicyclic) bond motifs is 5. The third kappa shape index (κ3) is 2.43. The number of benzene rings is 1. The zero-order valence-corrected chi connectivity index (χ0v) is 14.5. The Kier molecular flexibility index (Phi) is 3.83. The van der Waals surface area contributed by atoms with E-state index in [1.807, 2.05) is 12.1 Å². The molecule has 0 unspecified atom stereocenters. The van der Waals surface area contributed by atoms with Gasteiger partial charge in [-0.15, -0.1) is 0 Å². The van der Waals surface area contributed by atoms with Gasteiger partial charge in [-0.25, -0.2) is 4.79 Å². The Morgan fingerprint density at radius 2 is 2.08 bits per heavy atom. The minimum Gasteiger partial charge on any atom is -0.393 e. The van der Waals surface area contributed by atoms with Crippen LogP contribution in [-0.2, 0) is 16.1 Å². The molecule has 4 heteroatoms. The van der Waals surface area contributed by atoms with Crippen molar-refractivity contribution in [1.82, 2.24) is 0 Å². The first-order valence-corrected chi connectivity index (χ1v) is 9.15. The maximum Gasteiger partial charge on any atom is 0.352 e. The molecule has 0 aliphatic heterocycles. The zero-order chi connectivity index (χ0) is 16.9. The van der Waals surface area contributed by atoms with E-state index in [0.717, 1.165) is 25.7 Å². The van der Waals surface area contributed by atoms with Crippen molar-refractivity contribution in [3.8, 4) is 5.75 Å². The van der Waals surface area contributed by atoms with Gasteiger partial charge in [-0.3, -0.25) is 9.78 Å². The van der Waals surface area contributed by atoms with Gasteiger partial charge in [0, 0.05) is 6.92 Å². The normalized spacial score (nSPS) is 37.1. The fraction of sp³-hybridized carbons (Fsp3) is 0.650. The van der Waals surface area contributed by atoms with Gasteiger partial charge >= 0.3 is 5.97 Å². The molecule has 24 heavy (non-hydrogen) atoms. The molecule has 2 saturated carbocycles. The van der Waals surface area contributed by atoms with Crippen LogP contribution in [-0.4, -0.2) is 17.2 Å². The summed E-state index contributed by atoms with van der Waals surface area (Å²) in [7, 11) is 0. The van der Waals surface area contributed by atoms with Crippen LogP contribution < -0.4 is 4.89 Å². The lowest BCUT2D eigenvalue weighted by molar-refractivity contribution is -0.210. The Labute approximate surface area is 143 Å². The van der Waals surface area contributed by atoms with Crippen molar-refractivity contribution in [2.45, 2.75) is 64.4 Å². The Morgan fingerprint density at radius 3 is 2.88 bits per heavy atom. The first-order valence-electron chi connectivity index (χ1n) is 9.15. The van der Waals surface area contributed by atoms with E-state index in [2.05, 4.69) is 17.9 Å². The van der Waals surface area contributed by atoms with Crippen molar-refractivity contribution < 1.29 is 19.7 Å². The highest BCUT2D eigenvalue weighted by atomic mass is 17.2. The topological polar surface area (TPSA) is 55.8 Å². The Hall–Kier alpha value is -1.55. The molecule has 130 valence electrons. The number of carbonyl (C=O) groups is 1. The van der Waals surface area contributed by atoms with E-state index in [1.54, 1.807) is 0 Å². The summed E-state index contributed by atoms with van der Waals surface area (Å²) in [6, 6.07) is 6.08. The molecule has 0 amide bonds. The smallest absolute Gasteiger partial charge is 0.352 e. The molecule has 0 spiro atoms. The quantitative estimate of drug-likeness (QED) is 0.662. The number of hydrogen-bond donors (Lipinski definition) is 1. The van der Waals surface area contributed by atoms with E-state index < -0.39 is 5.97 Å². The first kappa shape index (κ1) is 15.9. The maximum absolute atomic E-state index is 10.9. The summed E-state index contributed by atoms with van der Waals surface area (Å²) in [6.45, 7) is 3.63. The highest BCUT2D eigenvalue weighted by molar-refractivity contribution is 5.65. The molecule has 3 aliphatic rings. The zero-order valence-electron chi connectivity index (χ0n) is 14.5. The third-order valence-corrected chi connectivity index (χ3v) is 6.90. The van der Waals surface area contributed by atoms with Crippen LogP contribution in [0.4, 0.5) is 0 Å². The van der Waals surface area contributed by atoms with Crippen LogP contribution in [0.5, 0.6) is 5.75 Å². The van der Waals surface area contributed by atoms with Crippen molar-refractivity contribution in [2.24, 2.45) is 17.3 Å². The monoisotopic (exact) mass is 330 g/mol. The van der Waals surface area contributed by atoms with Gasteiger partial charge in [0.15, 0.2) is 5.75 Å². The first-order chi connectivity index (χ1) is 11.5. The minimum absolute atomic E-state index is 0.121. The third-order valence-electron chi connectivity index (χ3n) is 6.90. The molecule has 2 fully saturated rings. The summed E-state index contributed by atoms with van der Waals surface area (Å²) < 4.78 is 0. The van der Waals surface area contributed by atoms with E-state index in [1.165, 1.54) is 30.9 Å². The van der Waals surface area contributed by atoms with Gasteiger partial charge in [0.2, 0.25) is 0 Å². The average Bonchev–Trinajstić information content (AvgIpc) is 2.88. The summed E-state index contributed by atoms with van der Waals surface area (Å²) >= 11 is 0. The molecule has 0 heterocycles. The lowest BCUT2D eigenvalue weighted by atomic mass is 9.55. The summed E-state index contributed by atoms with van der Waals surface area (Å²) in [5.74, 6) is 2.09. The fourth-order valence-electron chi connectivity index (χ4n) is 5.69. The second-order valence-corrected chi connectivity index (χ2v) is 8.07. The summed E-state index contributed by atoms with van der Waals surface area (Å²) in [6.07, 6.45) is 6.51. The standard InChI is InChI=1S/C20H26O4/c1-12(21)23-24-14-4-6-15-13(11-14)3-5-17-16(15)9-10-20(2)18(17)7-8-19(20)22/h4,6,11,16-19,22H,3,5,7-10H2,1-2H3/t16-,17-,18+,19+,20+/m1/s1. The number of aliphatic hydroxyl groups is 1. The van der Waals surface area contributed by atoms with Crippen LogP contribution in [0.1, 0.15) is 63.0 Å². The van der Waals surface area contributed by atoms with Gasteiger partial charge < -0.3 is 5.11 Å². The fourth-order valence-corrected chi connectivity index (χ4v) is 5.69. The van der Waals surface area contributed by atoms with E-state index in [-0.39, 0.29) is 11.5 Å². The van der Waals surface area contributed by atoms with Crippen LogP contribution in [0, 0.1) is 17.3 Å². The van der Waals surface area contributed by atoms with Crippen molar-refractivity contribution in [3.05, 3.63) is 29.3 Å². The second kappa shape index (κ2) is 5.76. The van der Waals surface area contributed by atoms with Gasteiger partial charge in [-0.2, -0.15) is 0 Å². The van der Waals surface area contributed by atoms with Crippen molar-refractivity contribution in [3.63, 3.8) is 0 Å². The molecule has 4 nitrogen and oxygen atoms in total. The number of aryl methyl sites for hydroxylation is 1. The predicted octanol–water partition coefficient (Wildman–Crippen LogP) is 3.76. The summed E-state index contributed by atoms with van der Waals surface area (Å²) in [5, 5.41) is 10.5. The molecule has 3 aliphatic carbocycles. The van der Waals surface area contributed by atoms with E-state index in [0.29, 0.717) is 23.5 Å². The summed E-state index contributed by atoms with van der Waals surface area (Å²) in [4.78, 5) is 20.6. The molecule has 1 aromatic carbocycles. The molecule has 0 aromatic heterocycles. The Balaban J connectivity index is 1.58. The van der Waals surface area contributed by atoms with Gasteiger partial charge in [-0.1, -0.05) is 13.0 Å². The number of hydrogen-bond acceptors (Lipinski definition) is 4. The largest absolute Gasteiger partial charge is 0.393 e. The summed E-state index contributed by atoms with van der Waals surface area (Å²) in [5.41, 5.74) is 2.88.